The molecule has 0 atom stereocenters. The highest BCUT2D eigenvalue weighted by molar-refractivity contribution is 5.82. The number of benzene rings is 1. The third-order valence-corrected chi connectivity index (χ3v) is 5.34. The van der Waals surface area contributed by atoms with Crippen LogP contribution in [0.1, 0.15) is 33.3 Å². The fraction of sp³-hybridized carbons (Fsp3) is 0.375. The van der Waals surface area contributed by atoms with Crippen LogP contribution in [0.5, 0.6) is 0 Å². The van der Waals surface area contributed by atoms with E-state index < -0.39 is 0 Å². The zero-order valence-corrected chi connectivity index (χ0v) is 18.8. The molecule has 0 unspecified atom stereocenters. The molecular formula is C24H28FN5O2. The van der Waals surface area contributed by atoms with E-state index in [2.05, 4.69) is 10.1 Å². The SMILES string of the molecule is CC(C)Cn1c(=O)c2[nH]c(-c3cnn(Cc4ccccc4F)c3)cc2n(CC(C)C)c1=O. The van der Waals surface area contributed by atoms with E-state index in [0.717, 1.165) is 5.56 Å². The Hall–Kier alpha value is -3.42. The van der Waals surface area contributed by atoms with E-state index in [4.69, 9.17) is 0 Å². The van der Waals surface area contributed by atoms with Crippen LogP contribution in [0.4, 0.5) is 4.39 Å². The molecule has 0 saturated heterocycles. The number of rotatable bonds is 7. The summed E-state index contributed by atoms with van der Waals surface area (Å²) in [4.78, 5) is 29.4. The minimum absolute atomic E-state index is 0.163. The molecule has 3 aromatic heterocycles. The highest BCUT2D eigenvalue weighted by Crippen LogP contribution is 2.23. The Morgan fingerprint density at radius 1 is 1.03 bits per heavy atom. The first-order chi connectivity index (χ1) is 15.2. The fourth-order valence-corrected chi connectivity index (χ4v) is 3.90. The summed E-state index contributed by atoms with van der Waals surface area (Å²) in [5, 5.41) is 4.34. The van der Waals surface area contributed by atoms with Gasteiger partial charge in [-0.15, -0.1) is 0 Å². The number of nitrogens with zero attached hydrogens (tertiary/aromatic N) is 4. The normalized spacial score (nSPS) is 11.8. The molecule has 0 aliphatic heterocycles. The number of aromatic nitrogens is 5. The number of H-pyrrole nitrogens is 1. The maximum absolute atomic E-state index is 14.0. The van der Waals surface area contributed by atoms with Crippen LogP contribution in [-0.4, -0.2) is 23.9 Å². The maximum atomic E-state index is 14.0. The van der Waals surface area contributed by atoms with Crippen molar-refractivity contribution in [2.45, 2.75) is 47.3 Å². The van der Waals surface area contributed by atoms with E-state index in [9.17, 15) is 14.0 Å². The Labute approximate surface area is 185 Å². The van der Waals surface area contributed by atoms with Crippen molar-refractivity contribution in [1.82, 2.24) is 23.9 Å². The average Bonchev–Trinajstić information content (AvgIpc) is 3.37. The summed E-state index contributed by atoms with van der Waals surface area (Å²) in [5.41, 5.74) is 2.39. The lowest BCUT2D eigenvalue weighted by molar-refractivity contribution is 0.452. The molecule has 1 aromatic carbocycles. The largest absolute Gasteiger partial charge is 0.349 e. The second-order valence-electron chi connectivity index (χ2n) is 9.06. The van der Waals surface area contributed by atoms with E-state index in [1.54, 1.807) is 39.8 Å². The predicted octanol–water partition coefficient (Wildman–Crippen LogP) is 3.85. The van der Waals surface area contributed by atoms with Crippen LogP contribution in [0.15, 0.2) is 52.3 Å². The fourth-order valence-electron chi connectivity index (χ4n) is 3.90. The lowest BCUT2D eigenvalue weighted by Crippen LogP contribution is -2.41. The minimum atomic E-state index is -0.316. The van der Waals surface area contributed by atoms with Gasteiger partial charge >= 0.3 is 5.69 Å². The predicted molar refractivity (Wildman–Crippen MR) is 123 cm³/mol. The Kier molecular flexibility index (Phi) is 5.86. The molecule has 0 amide bonds. The quantitative estimate of drug-likeness (QED) is 0.477. The van der Waals surface area contributed by atoms with Crippen LogP contribution in [0.3, 0.4) is 0 Å². The molecule has 7 nitrogen and oxygen atoms in total. The molecule has 0 saturated carbocycles. The summed E-state index contributed by atoms with van der Waals surface area (Å²) in [7, 11) is 0. The number of nitrogens with one attached hydrogen (secondary N) is 1. The van der Waals surface area contributed by atoms with E-state index in [0.29, 0.717) is 41.9 Å². The van der Waals surface area contributed by atoms with Gasteiger partial charge in [0.1, 0.15) is 11.3 Å². The molecule has 32 heavy (non-hydrogen) atoms. The van der Waals surface area contributed by atoms with Crippen molar-refractivity contribution in [3.63, 3.8) is 0 Å². The number of halogens is 1. The summed E-state index contributed by atoms with van der Waals surface area (Å²) in [6.07, 6.45) is 3.47. The van der Waals surface area contributed by atoms with Crippen molar-refractivity contribution in [3.8, 4) is 11.3 Å². The van der Waals surface area contributed by atoms with Crippen molar-refractivity contribution in [2.75, 3.05) is 0 Å². The first-order valence-corrected chi connectivity index (χ1v) is 10.9. The summed E-state index contributed by atoms with van der Waals surface area (Å²) < 4.78 is 18.6. The van der Waals surface area contributed by atoms with Gasteiger partial charge in [-0.05, 0) is 24.0 Å². The third-order valence-electron chi connectivity index (χ3n) is 5.34. The second-order valence-corrected chi connectivity index (χ2v) is 9.06. The first kappa shape index (κ1) is 21.8. The lowest BCUT2D eigenvalue weighted by atomic mass is 10.2. The topological polar surface area (TPSA) is 77.6 Å². The zero-order chi connectivity index (χ0) is 23.0. The molecule has 3 heterocycles. The van der Waals surface area contributed by atoms with Gasteiger partial charge in [0.15, 0.2) is 0 Å². The Bertz CT molecular complexity index is 1370. The van der Waals surface area contributed by atoms with Crippen LogP contribution in [0.25, 0.3) is 22.3 Å². The van der Waals surface area contributed by atoms with Crippen LogP contribution >= 0.6 is 0 Å². The van der Waals surface area contributed by atoms with E-state index >= 15 is 0 Å². The minimum Gasteiger partial charge on any atom is -0.349 e. The van der Waals surface area contributed by atoms with Crippen LogP contribution in [0, 0.1) is 17.7 Å². The summed E-state index contributed by atoms with van der Waals surface area (Å²) in [5.74, 6) is 0.123. The van der Waals surface area contributed by atoms with Gasteiger partial charge < -0.3 is 4.98 Å². The molecule has 0 aliphatic carbocycles. The van der Waals surface area contributed by atoms with Crippen LogP contribution in [-0.2, 0) is 19.6 Å². The molecule has 4 aromatic rings. The third kappa shape index (κ3) is 4.17. The number of fused-ring (bicyclic) bond motifs is 1. The van der Waals surface area contributed by atoms with Crippen molar-refractivity contribution in [2.24, 2.45) is 11.8 Å². The number of aromatic amines is 1. The monoisotopic (exact) mass is 437 g/mol. The van der Waals surface area contributed by atoms with Crippen LogP contribution in [0.2, 0.25) is 0 Å². The highest BCUT2D eigenvalue weighted by atomic mass is 19.1. The lowest BCUT2D eigenvalue weighted by Gasteiger charge is -2.14. The first-order valence-electron chi connectivity index (χ1n) is 10.9. The standard InChI is InChI=1S/C24H28FN5O2/c1-15(2)11-29-21-9-20(27-22(21)23(31)30(24(29)32)12-16(3)4)18-10-26-28(14-18)13-17-7-5-6-8-19(17)25/h5-10,14-16,27H,11-13H2,1-4H3. The van der Waals surface area contributed by atoms with Gasteiger partial charge in [0, 0.05) is 30.4 Å². The van der Waals surface area contributed by atoms with Crippen molar-refractivity contribution >= 4 is 11.0 Å². The van der Waals surface area contributed by atoms with Gasteiger partial charge in [-0.2, -0.15) is 5.10 Å². The number of hydrogen-bond donors (Lipinski definition) is 1. The van der Waals surface area contributed by atoms with Crippen molar-refractivity contribution in [1.29, 1.82) is 0 Å². The Morgan fingerprint density at radius 3 is 2.41 bits per heavy atom. The van der Waals surface area contributed by atoms with Gasteiger partial charge in [-0.1, -0.05) is 45.9 Å². The van der Waals surface area contributed by atoms with Gasteiger partial charge in [0.25, 0.3) is 5.56 Å². The molecule has 168 valence electrons. The molecule has 1 N–H and O–H groups in total. The summed E-state index contributed by atoms with van der Waals surface area (Å²) in [6.45, 7) is 9.21. The molecule has 0 radical (unpaired) electrons. The molecule has 0 fully saturated rings. The van der Waals surface area contributed by atoms with Gasteiger partial charge in [0.05, 0.1) is 24.0 Å². The van der Waals surface area contributed by atoms with E-state index in [1.165, 1.54) is 10.6 Å². The van der Waals surface area contributed by atoms with Crippen molar-refractivity contribution < 1.29 is 4.39 Å². The van der Waals surface area contributed by atoms with E-state index in [-0.39, 0.29) is 28.9 Å². The van der Waals surface area contributed by atoms with Gasteiger partial charge in [-0.25, -0.2) is 9.18 Å². The highest BCUT2D eigenvalue weighted by Gasteiger charge is 2.18. The summed E-state index contributed by atoms with van der Waals surface area (Å²) >= 11 is 0. The maximum Gasteiger partial charge on any atom is 0.331 e. The van der Waals surface area contributed by atoms with Crippen molar-refractivity contribution in [3.05, 3.63) is 74.9 Å². The molecule has 4 rings (SSSR count). The summed E-state index contributed by atoms with van der Waals surface area (Å²) in [6, 6.07) is 8.41. The Morgan fingerprint density at radius 2 is 1.72 bits per heavy atom. The van der Waals surface area contributed by atoms with Crippen LogP contribution < -0.4 is 11.2 Å². The smallest absolute Gasteiger partial charge is 0.331 e. The molecular weight excluding hydrogens is 409 g/mol. The number of hydrogen-bond acceptors (Lipinski definition) is 3. The van der Waals surface area contributed by atoms with E-state index in [1.807, 2.05) is 33.8 Å². The molecule has 0 aliphatic rings. The molecule has 8 heteroatoms. The molecule has 0 bridgehead atoms. The average molecular weight is 438 g/mol. The van der Waals surface area contributed by atoms with Gasteiger partial charge in [0.2, 0.25) is 0 Å². The second kappa shape index (κ2) is 8.61. The molecule has 0 spiro atoms. The zero-order valence-electron chi connectivity index (χ0n) is 18.8. The van der Waals surface area contributed by atoms with Gasteiger partial charge in [-0.3, -0.25) is 18.6 Å². The Balaban J connectivity index is 1.79.